The maximum atomic E-state index is 14.3. The van der Waals surface area contributed by atoms with E-state index in [2.05, 4.69) is 42.3 Å². The molecule has 1 unspecified atom stereocenters. The Hall–Kier alpha value is -1.93. The molecule has 3 N–H and O–H groups in total. The first kappa shape index (κ1) is 24.2. The molecule has 0 fully saturated rings. The first-order valence-electron chi connectivity index (χ1n) is 10.7. The van der Waals surface area contributed by atoms with Crippen LogP contribution in [0.2, 0.25) is 0 Å². The second kappa shape index (κ2) is 9.37. The van der Waals surface area contributed by atoms with Gasteiger partial charge in [0, 0.05) is 22.6 Å². The van der Waals surface area contributed by atoms with Crippen LogP contribution in [0.5, 0.6) is 0 Å². The van der Waals surface area contributed by atoms with Gasteiger partial charge in [0.05, 0.1) is 5.75 Å². The van der Waals surface area contributed by atoms with Crippen LogP contribution in [0.4, 0.5) is 14.6 Å². The zero-order chi connectivity index (χ0) is 23.9. The summed E-state index contributed by atoms with van der Waals surface area (Å²) in [5.74, 6) is 0.351. The predicted octanol–water partition coefficient (Wildman–Crippen LogP) is 3.42. The van der Waals surface area contributed by atoms with Gasteiger partial charge in [-0.2, -0.15) is 14.4 Å². The average molecular weight is 590 g/mol. The molecule has 1 aliphatic carbocycles. The Labute approximate surface area is 204 Å². The van der Waals surface area contributed by atoms with Crippen LogP contribution in [0.25, 0.3) is 11.2 Å². The second-order valence-electron chi connectivity index (χ2n) is 8.50. The van der Waals surface area contributed by atoms with Crippen molar-refractivity contribution in [2.75, 3.05) is 11.5 Å². The molecule has 0 aliphatic heterocycles. The van der Waals surface area contributed by atoms with Crippen LogP contribution in [0.15, 0.2) is 12.1 Å². The zero-order valence-corrected chi connectivity index (χ0v) is 21.3. The van der Waals surface area contributed by atoms with Gasteiger partial charge in [0.15, 0.2) is 17.0 Å². The summed E-state index contributed by atoms with van der Waals surface area (Å²) in [6, 6.07) is 3.66. The first-order chi connectivity index (χ1) is 15.5. The lowest BCUT2D eigenvalue weighted by atomic mass is 10.0. The van der Waals surface area contributed by atoms with Crippen LogP contribution in [0.1, 0.15) is 55.4 Å². The van der Waals surface area contributed by atoms with Gasteiger partial charge < -0.3 is 10.3 Å². The minimum Gasteiger partial charge on any atom is -0.382 e. The van der Waals surface area contributed by atoms with Crippen LogP contribution in [0.3, 0.4) is 0 Å². The number of imidazole rings is 1. The lowest BCUT2D eigenvalue weighted by Crippen LogP contribution is -2.32. The summed E-state index contributed by atoms with van der Waals surface area (Å²) in [5, 5.41) is 0. The van der Waals surface area contributed by atoms with Crippen LogP contribution < -0.4 is 10.5 Å². The fourth-order valence-corrected chi connectivity index (χ4v) is 6.24. The molecule has 8 nitrogen and oxygen atoms in total. The third kappa shape index (κ3) is 5.27. The maximum absolute atomic E-state index is 14.3. The van der Waals surface area contributed by atoms with E-state index >= 15 is 0 Å². The van der Waals surface area contributed by atoms with Gasteiger partial charge in [-0.1, -0.05) is 6.07 Å². The van der Waals surface area contributed by atoms with Crippen LogP contribution in [0, 0.1) is 9.65 Å². The van der Waals surface area contributed by atoms with Crippen molar-refractivity contribution in [2.45, 2.75) is 58.3 Å². The van der Waals surface area contributed by atoms with Crippen LogP contribution in [-0.4, -0.2) is 39.7 Å². The number of fused-ring (bicyclic) bond motifs is 2. The number of aryl methyl sites for hydroxylation is 2. The molecule has 1 atom stereocenters. The van der Waals surface area contributed by atoms with Crippen molar-refractivity contribution >= 4 is 49.6 Å². The van der Waals surface area contributed by atoms with E-state index < -0.39 is 22.3 Å². The van der Waals surface area contributed by atoms with Gasteiger partial charge in [0.1, 0.15) is 12.0 Å². The number of sulfonamides is 1. The number of hydrogen-bond donors (Lipinski definition) is 2. The average Bonchev–Trinajstić information content (AvgIpc) is 3.22. The summed E-state index contributed by atoms with van der Waals surface area (Å²) >= 11 is 2.22. The van der Waals surface area contributed by atoms with E-state index in [4.69, 9.17) is 5.73 Å². The number of alkyl halides is 1. The molecule has 4 rings (SSSR count). The van der Waals surface area contributed by atoms with Crippen molar-refractivity contribution < 1.29 is 17.2 Å². The maximum Gasteiger partial charge on any atom is 0.312 e. The molecule has 12 heteroatoms. The molecule has 1 aliphatic rings. The summed E-state index contributed by atoms with van der Waals surface area (Å²) in [7, 11) is -3.45. The van der Waals surface area contributed by atoms with E-state index in [0.29, 0.717) is 24.2 Å². The topological polar surface area (TPSA) is 116 Å². The Bertz CT molecular complexity index is 1310. The van der Waals surface area contributed by atoms with Crippen molar-refractivity contribution in [2.24, 2.45) is 0 Å². The fourth-order valence-electron chi connectivity index (χ4n) is 4.17. The summed E-state index contributed by atoms with van der Waals surface area (Å²) in [4.78, 5) is 12.0. The van der Waals surface area contributed by atoms with Gasteiger partial charge in [-0.05, 0) is 78.5 Å². The summed E-state index contributed by atoms with van der Waals surface area (Å²) in [6.45, 7) is 3.75. The minimum absolute atomic E-state index is 0.0842. The first-order valence-corrected chi connectivity index (χ1v) is 13.4. The molecule has 3 aromatic rings. The number of nitrogen functional groups attached to an aromatic ring is 1. The smallest absolute Gasteiger partial charge is 0.312 e. The number of halogens is 3. The third-order valence-corrected chi connectivity index (χ3v) is 8.21. The lowest BCUT2D eigenvalue weighted by molar-refractivity contribution is 0.343. The number of anilines is 1. The van der Waals surface area contributed by atoms with Crippen LogP contribution in [-0.2, 0) is 29.4 Å². The molecule has 0 spiro atoms. The van der Waals surface area contributed by atoms with E-state index in [1.807, 2.05) is 12.1 Å². The Kier molecular flexibility index (Phi) is 6.87. The SMILES string of the molecule is CC(C)NS(=O)(=O)CCCn1c(Cc2cc3c(cc2I)CCC3F)nc2c(N)nc(F)nc21. The number of benzene rings is 1. The molecule has 33 heavy (non-hydrogen) atoms. The monoisotopic (exact) mass is 590 g/mol. The molecule has 0 saturated carbocycles. The Morgan fingerprint density at radius 1 is 1.30 bits per heavy atom. The highest BCUT2D eigenvalue weighted by molar-refractivity contribution is 14.1. The summed E-state index contributed by atoms with van der Waals surface area (Å²) in [6.07, 6.45) is -0.155. The zero-order valence-electron chi connectivity index (χ0n) is 18.3. The quantitative estimate of drug-likeness (QED) is 0.307. The Balaban J connectivity index is 1.68. The highest BCUT2D eigenvalue weighted by Crippen LogP contribution is 2.37. The van der Waals surface area contributed by atoms with Gasteiger partial charge in [-0.15, -0.1) is 0 Å². The standard InChI is InChI=1S/C21H25F2IN6O2S/c1-11(2)29-33(31,32)7-3-6-30-17(26-18-19(25)27-21(23)28-20(18)30)10-13-8-14-12(9-16(13)24)4-5-15(14)22/h8-9,11,15,29H,3-7,10H2,1-2H3,(H2,25,27,28). The van der Waals surface area contributed by atoms with E-state index in [1.165, 1.54) is 0 Å². The van der Waals surface area contributed by atoms with Gasteiger partial charge in [-0.25, -0.2) is 22.5 Å². The van der Waals surface area contributed by atoms with E-state index in [1.54, 1.807) is 18.4 Å². The second-order valence-corrected chi connectivity index (χ2v) is 11.5. The summed E-state index contributed by atoms with van der Waals surface area (Å²) in [5.41, 5.74) is 8.96. The van der Waals surface area contributed by atoms with Crippen molar-refractivity contribution in [3.05, 3.63) is 44.3 Å². The fraction of sp³-hybridized carbons (Fsp3) is 0.476. The molecule has 0 saturated heterocycles. The van der Waals surface area contributed by atoms with Crippen molar-refractivity contribution in [3.8, 4) is 0 Å². The van der Waals surface area contributed by atoms with Crippen molar-refractivity contribution in [1.82, 2.24) is 24.2 Å². The van der Waals surface area contributed by atoms with Gasteiger partial charge in [0.25, 0.3) is 0 Å². The molecule has 0 amide bonds. The number of nitrogens with two attached hydrogens (primary N) is 1. The lowest BCUT2D eigenvalue weighted by Gasteiger charge is -2.13. The number of rotatable bonds is 8. The normalized spacial score (nSPS) is 16.1. The molecule has 2 heterocycles. The molecule has 2 aromatic heterocycles. The number of nitrogens with zero attached hydrogens (tertiary/aromatic N) is 4. The van der Waals surface area contributed by atoms with E-state index in [9.17, 15) is 17.2 Å². The number of nitrogens with one attached hydrogen (secondary N) is 1. The van der Waals surface area contributed by atoms with Crippen molar-refractivity contribution in [1.29, 1.82) is 0 Å². The third-order valence-electron chi connectivity index (χ3n) is 5.54. The number of aromatic nitrogens is 4. The highest BCUT2D eigenvalue weighted by Gasteiger charge is 2.25. The van der Waals surface area contributed by atoms with E-state index in [-0.39, 0.29) is 41.7 Å². The largest absolute Gasteiger partial charge is 0.382 e. The minimum atomic E-state index is -3.45. The van der Waals surface area contributed by atoms with Crippen molar-refractivity contribution in [3.63, 3.8) is 0 Å². The molecule has 0 bridgehead atoms. The predicted molar refractivity (Wildman–Crippen MR) is 131 cm³/mol. The van der Waals surface area contributed by atoms with Gasteiger partial charge >= 0.3 is 6.08 Å². The van der Waals surface area contributed by atoms with Gasteiger partial charge in [-0.3, -0.25) is 0 Å². The van der Waals surface area contributed by atoms with E-state index in [0.717, 1.165) is 21.1 Å². The number of hydrogen-bond acceptors (Lipinski definition) is 6. The summed E-state index contributed by atoms with van der Waals surface area (Å²) < 4.78 is 57.9. The molecule has 1 aromatic carbocycles. The molecule has 0 radical (unpaired) electrons. The van der Waals surface area contributed by atoms with Crippen LogP contribution >= 0.6 is 22.6 Å². The van der Waals surface area contributed by atoms with Gasteiger partial charge in [0.2, 0.25) is 10.0 Å². The Morgan fingerprint density at radius 2 is 2.06 bits per heavy atom. The Morgan fingerprint density at radius 3 is 2.79 bits per heavy atom. The molecular weight excluding hydrogens is 565 g/mol. The molecular formula is C21H25F2IN6O2S. The highest BCUT2D eigenvalue weighted by atomic mass is 127. The molecule has 178 valence electrons.